The summed E-state index contributed by atoms with van der Waals surface area (Å²) in [4.78, 5) is 37.2. The van der Waals surface area contributed by atoms with Crippen LogP contribution in [0.1, 0.15) is 53.4 Å². The van der Waals surface area contributed by atoms with Crippen molar-refractivity contribution in [1.82, 2.24) is 20.1 Å². The van der Waals surface area contributed by atoms with Crippen molar-refractivity contribution >= 4 is 35.2 Å². The summed E-state index contributed by atoms with van der Waals surface area (Å²) in [5.74, 6) is -0.113. The molecular weight excluding hydrogens is 490 g/mol. The highest BCUT2D eigenvalue weighted by Gasteiger charge is 2.26. The first-order chi connectivity index (χ1) is 17.8. The lowest BCUT2D eigenvalue weighted by Gasteiger charge is -2.22. The topological polar surface area (TPSA) is 115 Å². The van der Waals surface area contributed by atoms with E-state index >= 15 is 0 Å². The fraction of sp³-hybridized carbons (Fsp3) is 0.296. The summed E-state index contributed by atoms with van der Waals surface area (Å²) in [6, 6.07) is 15.1. The van der Waals surface area contributed by atoms with Gasteiger partial charge in [0.2, 0.25) is 5.91 Å². The van der Waals surface area contributed by atoms with Crippen molar-refractivity contribution in [2.24, 2.45) is 5.92 Å². The molecular formula is C27H31N5O4S. The Balaban J connectivity index is 1.68. The van der Waals surface area contributed by atoms with E-state index in [0.29, 0.717) is 40.9 Å². The van der Waals surface area contributed by atoms with Crippen LogP contribution in [0, 0.1) is 5.92 Å². The molecule has 2 N–H and O–H groups in total. The third-order valence-electron chi connectivity index (χ3n) is 5.34. The molecule has 0 aliphatic rings. The van der Waals surface area contributed by atoms with Crippen LogP contribution < -0.4 is 10.6 Å². The van der Waals surface area contributed by atoms with Gasteiger partial charge in [0.05, 0.1) is 24.0 Å². The van der Waals surface area contributed by atoms with Gasteiger partial charge in [0.1, 0.15) is 0 Å². The number of nitrogens with zero attached hydrogens (tertiary/aromatic N) is 3. The van der Waals surface area contributed by atoms with Gasteiger partial charge in [-0.05, 0) is 49.2 Å². The number of rotatable bonds is 12. The van der Waals surface area contributed by atoms with E-state index in [4.69, 9.17) is 4.74 Å². The third-order valence-corrected chi connectivity index (χ3v) is 6.30. The number of ether oxygens (including phenoxy) is 1. The van der Waals surface area contributed by atoms with Crippen LogP contribution >= 0.6 is 11.8 Å². The van der Waals surface area contributed by atoms with Gasteiger partial charge >= 0.3 is 5.97 Å². The fourth-order valence-electron chi connectivity index (χ4n) is 3.51. The second-order valence-corrected chi connectivity index (χ2v) is 9.38. The Morgan fingerprint density at radius 1 is 1.05 bits per heavy atom. The van der Waals surface area contributed by atoms with Gasteiger partial charge in [0.15, 0.2) is 11.0 Å². The maximum Gasteiger partial charge on any atom is 0.338 e. The number of benzene rings is 2. The summed E-state index contributed by atoms with van der Waals surface area (Å²) in [5, 5.41) is 15.1. The van der Waals surface area contributed by atoms with Crippen molar-refractivity contribution in [2.45, 2.75) is 38.5 Å². The molecule has 2 amide bonds. The molecule has 0 saturated carbocycles. The smallest absolute Gasteiger partial charge is 0.338 e. The number of allylic oxidation sites excluding steroid dienone is 1. The van der Waals surface area contributed by atoms with Gasteiger partial charge in [-0.1, -0.05) is 49.9 Å². The Hall–Kier alpha value is -3.92. The Morgan fingerprint density at radius 2 is 1.76 bits per heavy atom. The Bertz CT molecular complexity index is 1230. The van der Waals surface area contributed by atoms with Gasteiger partial charge in [-0.15, -0.1) is 16.8 Å². The van der Waals surface area contributed by atoms with E-state index in [0.717, 1.165) is 0 Å². The van der Waals surface area contributed by atoms with Crippen LogP contribution in [-0.4, -0.2) is 44.9 Å². The highest BCUT2D eigenvalue weighted by atomic mass is 32.2. The van der Waals surface area contributed by atoms with Crippen LogP contribution in [0.5, 0.6) is 0 Å². The van der Waals surface area contributed by atoms with Gasteiger partial charge < -0.3 is 19.9 Å². The molecule has 0 radical (unpaired) electrons. The molecule has 0 aliphatic heterocycles. The predicted molar refractivity (Wildman–Crippen MR) is 143 cm³/mol. The SMILES string of the molecule is C=CCn1c(SCC(=O)Nc2ccc(C(=O)OCC)cc2)nnc1[C@H](NC(=O)c1ccccc1)C(C)C. The number of anilines is 1. The van der Waals surface area contributed by atoms with Crippen molar-refractivity contribution in [2.75, 3.05) is 17.7 Å². The van der Waals surface area contributed by atoms with Gasteiger partial charge in [-0.2, -0.15) is 0 Å². The monoisotopic (exact) mass is 521 g/mol. The number of hydrogen-bond acceptors (Lipinski definition) is 7. The second kappa shape index (κ2) is 13.4. The first kappa shape index (κ1) is 27.7. The quantitative estimate of drug-likeness (QED) is 0.205. The van der Waals surface area contributed by atoms with Crippen LogP contribution in [0.4, 0.5) is 5.69 Å². The standard InChI is InChI=1S/C27H31N5O4S/c1-5-16-32-24(23(18(3)4)29-25(34)19-10-8-7-9-11-19)30-31-27(32)37-17-22(33)28-21-14-12-20(13-15-21)26(35)36-6-2/h5,7-15,18,23H,1,6,16-17H2,2-4H3,(H,28,33)(H,29,34)/t23-/m1/s1. The van der Waals surface area contributed by atoms with E-state index in [1.165, 1.54) is 11.8 Å². The Morgan fingerprint density at radius 3 is 2.38 bits per heavy atom. The molecule has 3 aromatic rings. The normalized spacial score (nSPS) is 11.6. The molecule has 194 valence electrons. The molecule has 3 rings (SSSR count). The molecule has 0 unspecified atom stereocenters. The number of carbonyl (C=O) groups excluding carboxylic acids is 3. The number of amides is 2. The Labute approximate surface area is 220 Å². The lowest BCUT2D eigenvalue weighted by atomic mass is 10.0. The molecule has 1 aromatic heterocycles. The highest BCUT2D eigenvalue weighted by molar-refractivity contribution is 7.99. The summed E-state index contributed by atoms with van der Waals surface area (Å²) in [6.45, 7) is 10.3. The van der Waals surface area contributed by atoms with Crippen molar-refractivity contribution in [3.8, 4) is 0 Å². The minimum atomic E-state index is -0.409. The molecule has 2 aromatic carbocycles. The predicted octanol–water partition coefficient (Wildman–Crippen LogP) is 4.50. The van der Waals surface area contributed by atoms with Crippen LogP contribution in [0.2, 0.25) is 0 Å². The van der Waals surface area contributed by atoms with E-state index < -0.39 is 5.97 Å². The van der Waals surface area contributed by atoms with Crippen molar-refractivity contribution in [3.05, 3.63) is 84.2 Å². The van der Waals surface area contributed by atoms with Gasteiger partial charge in [-0.25, -0.2) is 4.79 Å². The zero-order valence-electron chi connectivity index (χ0n) is 21.1. The van der Waals surface area contributed by atoms with Crippen LogP contribution in [0.15, 0.2) is 72.4 Å². The van der Waals surface area contributed by atoms with Gasteiger partial charge in [0.25, 0.3) is 5.91 Å². The summed E-state index contributed by atoms with van der Waals surface area (Å²) < 4.78 is 6.83. The molecule has 9 nitrogen and oxygen atoms in total. The number of hydrogen-bond donors (Lipinski definition) is 2. The van der Waals surface area contributed by atoms with E-state index in [-0.39, 0.29) is 29.5 Å². The zero-order valence-corrected chi connectivity index (χ0v) is 22.0. The highest BCUT2D eigenvalue weighted by Crippen LogP contribution is 2.26. The van der Waals surface area contributed by atoms with Crippen LogP contribution in [0.25, 0.3) is 0 Å². The minimum Gasteiger partial charge on any atom is -0.462 e. The van der Waals surface area contributed by atoms with Crippen molar-refractivity contribution in [3.63, 3.8) is 0 Å². The number of aromatic nitrogens is 3. The first-order valence-electron chi connectivity index (χ1n) is 11.9. The number of carbonyl (C=O) groups is 3. The molecule has 1 atom stereocenters. The lowest BCUT2D eigenvalue weighted by molar-refractivity contribution is -0.113. The summed E-state index contributed by atoms with van der Waals surface area (Å²) in [7, 11) is 0. The summed E-state index contributed by atoms with van der Waals surface area (Å²) >= 11 is 1.24. The molecule has 37 heavy (non-hydrogen) atoms. The molecule has 1 heterocycles. The van der Waals surface area contributed by atoms with E-state index in [2.05, 4.69) is 27.4 Å². The number of thioether (sulfide) groups is 1. The summed E-state index contributed by atoms with van der Waals surface area (Å²) in [6.07, 6.45) is 1.72. The zero-order chi connectivity index (χ0) is 26.8. The van der Waals surface area contributed by atoms with Gasteiger partial charge in [0, 0.05) is 17.8 Å². The molecule has 0 bridgehead atoms. The number of nitrogens with one attached hydrogen (secondary N) is 2. The molecule has 0 fully saturated rings. The largest absolute Gasteiger partial charge is 0.462 e. The maximum atomic E-state index is 12.8. The van der Waals surface area contributed by atoms with Gasteiger partial charge in [-0.3, -0.25) is 9.59 Å². The van der Waals surface area contributed by atoms with E-state index in [1.54, 1.807) is 49.4 Å². The average molecular weight is 522 g/mol. The Kier molecular flexibility index (Phi) is 10.0. The lowest BCUT2D eigenvalue weighted by Crippen LogP contribution is -2.33. The third kappa shape index (κ3) is 7.53. The van der Waals surface area contributed by atoms with Crippen LogP contribution in [-0.2, 0) is 16.1 Å². The molecule has 10 heteroatoms. The van der Waals surface area contributed by atoms with Crippen LogP contribution in [0.3, 0.4) is 0 Å². The van der Waals surface area contributed by atoms with E-state index in [1.807, 2.05) is 36.6 Å². The number of esters is 1. The molecule has 0 saturated heterocycles. The second-order valence-electron chi connectivity index (χ2n) is 8.44. The molecule has 0 spiro atoms. The average Bonchev–Trinajstić information content (AvgIpc) is 3.29. The van der Waals surface area contributed by atoms with Crippen molar-refractivity contribution < 1.29 is 19.1 Å². The van der Waals surface area contributed by atoms with Crippen molar-refractivity contribution in [1.29, 1.82) is 0 Å². The first-order valence-corrected chi connectivity index (χ1v) is 12.9. The maximum absolute atomic E-state index is 12.8. The molecule has 0 aliphatic carbocycles. The summed E-state index contributed by atoms with van der Waals surface area (Å²) in [5.41, 5.74) is 1.54. The minimum absolute atomic E-state index is 0.0409. The van der Waals surface area contributed by atoms with E-state index in [9.17, 15) is 14.4 Å². The fourth-order valence-corrected chi connectivity index (χ4v) is 4.27.